The van der Waals surface area contributed by atoms with Crippen LogP contribution in [0.4, 0.5) is 0 Å². The maximum Gasteiger partial charge on any atom is 0.228 e. The molecule has 22 heavy (non-hydrogen) atoms. The lowest BCUT2D eigenvalue weighted by Crippen LogP contribution is -2.41. The third kappa shape index (κ3) is 3.35. The number of aromatic nitrogens is 4. The zero-order valence-corrected chi connectivity index (χ0v) is 13.8. The molecule has 0 unspecified atom stereocenters. The number of hydrogen-bond donors (Lipinski definition) is 0. The van der Waals surface area contributed by atoms with Crippen molar-refractivity contribution in [3.8, 4) is 0 Å². The summed E-state index contributed by atoms with van der Waals surface area (Å²) in [6.45, 7) is 5.78. The van der Waals surface area contributed by atoms with Crippen LogP contribution in [0.5, 0.6) is 0 Å². The maximum absolute atomic E-state index is 12.5. The van der Waals surface area contributed by atoms with E-state index >= 15 is 0 Å². The summed E-state index contributed by atoms with van der Waals surface area (Å²) in [7, 11) is 0. The smallest absolute Gasteiger partial charge is 0.228 e. The molecule has 0 saturated carbocycles. The first-order valence-corrected chi connectivity index (χ1v) is 8.57. The molecule has 2 aromatic rings. The first-order chi connectivity index (χ1) is 10.6. The van der Waals surface area contributed by atoms with E-state index in [1.165, 1.54) is 0 Å². The highest BCUT2D eigenvalue weighted by Crippen LogP contribution is 2.22. The van der Waals surface area contributed by atoms with Crippen molar-refractivity contribution < 1.29 is 4.79 Å². The SMILES string of the molecule is CC(C)c1nc(CC(=O)N2CCC[C@H](n3cncn3)C2)cs1. The van der Waals surface area contributed by atoms with Crippen molar-refractivity contribution in [2.75, 3.05) is 13.1 Å². The predicted molar refractivity (Wildman–Crippen MR) is 84.8 cm³/mol. The van der Waals surface area contributed by atoms with Gasteiger partial charge in [-0.15, -0.1) is 11.3 Å². The largest absolute Gasteiger partial charge is 0.340 e. The van der Waals surface area contributed by atoms with E-state index in [1.54, 1.807) is 24.0 Å². The van der Waals surface area contributed by atoms with E-state index in [9.17, 15) is 4.79 Å². The fourth-order valence-corrected chi connectivity index (χ4v) is 3.57. The molecule has 1 aliphatic heterocycles. The van der Waals surface area contributed by atoms with Crippen LogP contribution in [-0.4, -0.2) is 43.6 Å². The number of carbonyl (C=O) groups is 1. The minimum atomic E-state index is 0.158. The number of rotatable bonds is 4. The van der Waals surface area contributed by atoms with Gasteiger partial charge in [-0.2, -0.15) is 5.10 Å². The molecular formula is C15H21N5OS. The topological polar surface area (TPSA) is 63.9 Å². The summed E-state index contributed by atoms with van der Waals surface area (Å²) < 4.78 is 1.86. The van der Waals surface area contributed by atoms with Crippen molar-refractivity contribution in [3.05, 3.63) is 28.7 Å². The first kappa shape index (κ1) is 15.1. The second kappa shape index (κ2) is 6.56. The molecular weight excluding hydrogens is 298 g/mol. The second-order valence-corrected chi connectivity index (χ2v) is 6.91. The molecule has 1 amide bonds. The van der Waals surface area contributed by atoms with Gasteiger partial charge in [0.25, 0.3) is 0 Å². The molecule has 1 saturated heterocycles. The van der Waals surface area contributed by atoms with Gasteiger partial charge < -0.3 is 4.90 Å². The Balaban J connectivity index is 1.61. The summed E-state index contributed by atoms with van der Waals surface area (Å²) >= 11 is 1.64. The molecule has 1 fully saturated rings. The van der Waals surface area contributed by atoms with E-state index in [0.29, 0.717) is 18.9 Å². The molecule has 0 aromatic carbocycles. The van der Waals surface area contributed by atoms with E-state index in [1.807, 2.05) is 15.0 Å². The number of carbonyl (C=O) groups excluding carboxylic acids is 1. The van der Waals surface area contributed by atoms with Gasteiger partial charge in [0.05, 0.1) is 23.2 Å². The molecule has 3 rings (SSSR count). The number of likely N-dealkylation sites (tertiary alicyclic amines) is 1. The van der Waals surface area contributed by atoms with E-state index in [2.05, 4.69) is 28.9 Å². The average molecular weight is 319 g/mol. The van der Waals surface area contributed by atoms with Gasteiger partial charge in [0, 0.05) is 24.4 Å². The molecule has 3 heterocycles. The quantitative estimate of drug-likeness (QED) is 0.867. The molecule has 118 valence electrons. The van der Waals surface area contributed by atoms with E-state index in [4.69, 9.17) is 0 Å². The van der Waals surface area contributed by atoms with Gasteiger partial charge in [-0.05, 0) is 12.8 Å². The molecule has 2 aromatic heterocycles. The third-order valence-corrected chi connectivity index (χ3v) is 5.15. The zero-order chi connectivity index (χ0) is 15.5. The molecule has 0 bridgehead atoms. The molecule has 0 aliphatic carbocycles. The maximum atomic E-state index is 12.5. The Morgan fingerprint density at radius 2 is 2.36 bits per heavy atom. The lowest BCUT2D eigenvalue weighted by atomic mass is 10.1. The van der Waals surface area contributed by atoms with Crippen molar-refractivity contribution in [2.45, 2.75) is 45.1 Å². The van der Waals surface area contributed by atoms with Crippen molar-refractivity contribution >= 4 is 17.2 Å². The van der Waals surface area contributed by atoms with Gasteiger partial charge in [-0.3, -0.25) is 4.79 Å². The Morgan fingerprint density at radius 1 is 1.50 bits per heavy atom. The van der Waals surface area contributed by atoms with Crippen LogP contribution in [0.1, 0.15) is 49.4 Å². The van der Waals surface area contributed by atoms with E-state index in [0.717, 1.165) is 30.1 Å². The molecule has 6 nitrogen and oxygen atoms in total. The average Bonchev–Trinajstić information content (AvgIpc) is 3.19. The van der Waals surface area contributed by atoms with Crippen LogP contribution in [-0.2, 0) is 11.2 Å². The first-order valence-electron chi connectivity index (χ1n) is 7.69. The summed E-state index contributed by atoms with van der Waals surface area (Å²) in [4.78, 5) is 23.0. The van der Waals surface area contributed by atoms with E-state index in [-0.39, 0.29) is 11.9 Å². The second-order valence-electron chi connectivity index (χ2n) is 6.02. The predicted octanol–water partition coefficient (Wildman–Crippen LogP) is 2.26. The minimum Gasteiger partial charge on any atom is -0.340 e. The zero-order valence-electron chi connectivity index (χ0n) is 13.0. The standard InChI is InChI=1S/C15H21N5OS/c1-11(2)15-18-12(8-22-15)6-14(21)19-5-3-4-13(7-19)20-10-16-9-17-20/h8-11,13H,3-7H2,1-2H3/t13-/m0/s1. The van der Waals surface area contributed by atoms with Gasteiger partial charge in [0.2, 0.25) is 5.91 Å². The number of piperidine rings is 1. The Kier molecular flexibility index (Phi) is 4.52. The van der Waals surface area contributed by atoms with Gasteiger partial charge in [-0.25, -0.2) is 14.6 Å². The summed E-state index contributed by atoms with van der Waals surface area (Å²) in [6, 6.07) is 0.238. The minimum absolute atomic E-state index is 0.158. The molecule has 1 aliphatic rings. The van der Waals surface area contributed by atoms with Crippen LogP contribution in [0.3, 0.4) is 0 Å². The van der Waals surface area contributed by atoms with Crippen LogP contribution < -0.4 is 0 Å². The fraction of sp³-hybridized carbons (Fsp3) is 0.600. The molecule has 0 radical (unpaired) electrons. The van der Waals surface area contributed by atoms with Crippen molar-refractivity contribution in [3.63, 3.8) is 0 Å². The Hall–Kier alpha value is -1.76. The lowest BCUT2D eigenvalue weighted by molar-refractivity contribution is -0.132. The molecule has 7 heteroatoms. The van der Waals surface area contributed by atoms with Crippen LogP contribution in [0, 0.1) is 0 Å². The highest BCUT2D eigenvalue weighted by Gasteiger charge is 2.25. The third-order valence-electron chi connectivity index (χ3n) is 3.96. The normalized spacial score (nSPS) is 18.9. The highest BCUT2D eigenvalue weighted by molar-refractivity contribution is 7.09. The number of nitrogens with zero attached hydrogens (tertiary/aromatic N) is 5. The highest BCUT2D eigenvalue weighted by atomic mass is 32.1. The van der Waals surface area contributed by atoms with Gasteiger partial charge in [0.15, 0.2) is 0 Å². The molecule has 0 spiro atoms. The van der Waals surface area contributed by atoms with Crippen molar-refractivity contribution in [1.29, 1.82) is 0 Å². The number of thiazole rings is 1. The van der Waals surface area contributed by atoms with Crippen molar-refractivity contribution in [1.82, 2.24) is 24.6 Å². The van der Waals surface area contributed by atoms with Gasteiger partial charge in [0.1, 0.15) is 12.7 Å². The summed E-state index contributed by atoms with van der Waals surface area (Å²) in [6.07, 6.45) is 5.72. The Bertz CT molecular complexity index is 622. The van der Waals surface area contributed by atoms with E-state index < -0.39 is 0 Å². The number of hydrogen-bond acceptors (Lipinski definition) is 5. The van der Waals surface area contributed by atoms with Crippen LogP contribution in [0.25, 0.3) is 0 Å². The van der Waals surface area contributed by atoms with Crippen LogP contribution in [0.2, 0.25) is 0 Å². The monoisotopic (exact) mass is 319 g/mol. The summed E-state index contributed by atoms with van der Waals surface area (Å²) in [5, 5.41) is 7.30. The Labute approximate surface area is 134 Å². The number of amides is 1. The Morgan fingerprint density at radius 3 is 3.05 bits per heavy atom. The molecule has 0 N–H and O–H groups in total. The molecule has 1 atom stereocenters. The van der Waals surface area contributed by atoms with Crippen LogP contribution >= 0.6 is 11.3 Å². The van der Waals surface area contributed by atoms with Crippen LogP contribution in [0.15, 0.2) is 18.0 Å². The lowest BCUT2D eigenvalue weighted by Gasteiger charge is -2.32. The summed E-state index contributed by atoms with van der Waals surface area (Å²) in [5.41, 5.74) is 0.890. The van der Waals surface area contributed by atoms with Gasteiger partial charge in [-0.1, -0.05) is 13.8 Å². The van der Waals surface area contributed by atoms with Gasteiger partial charge >= 0.3 is 0 Å². The fourth-order valence-electron chi connectivity index (χ4n) is 2.74. The van der Waals surface area contributed by atoms with Crippen molar-refractivity contribution in [2.24, 2.45) is 0 Å². The summed E-state index contributed by atoms with van der Waals surface area (Å²) in [5.74, 6) is 0.575.